The minimum Gasteiger partial charge on any atom is -0.460 e. The summed E-state index contributed by atoms with van der Waals surface area (Å²) in [6.45, 7) is 1.51. The second-order valence-corrected chi connectivity index (χ2v) is 5.19. The summed E-state index contributed by atoms with van der Waals surface area (Å²) in [7, 11) is 0. The molecule has 0 aliphatic carbocycles. The van der Waals surface area contributed by atoms with Crippen molar-refractivity contribution in [3.63, 3.8) is 0 Å². The van der Waals surface area contributed by atoms with Crippen LogP contribution >= 0.6 is 0 Å². The molecule has 112 valence electrons. The first kappa shape index (κ1) is 14.5. The predicted molar refractivity (Wildman–Crippen MR) is 86.0 cm³/mol. The molecule has 0 aliphatic heterocycles. The molecule has 0 radical (unpaired) electrons. The zero-order chi connectivity index (χ0) is 15.2. The van der Waals surface area contributed by atoms with Crippen LogP contribution in [0.2, 0.25) is 0 Å². The highest BCUT2D eigenvalue weighted by Crippen LogP contribution is 2.21. The molecule has 0 spiro atoms. The summed E-state index contributed by atoms with van der Waals surface area (Å²) in [5, 5.41) is 3.34. The average Bonchev–Trinajstić information content (AvgIpc) is 3.03. The molecule has 0 unspecified atom stereocenters. The van der Waals surface area contributed by atoms with Crippen LogP contribution in [0.15, 0.2) is 71.1 Å². The maximum Gasteiger partial charge on any atom is 0.134 e. The van der Waals surface area contributed by atoms with Gasteiger partial charge in [-0.1, -0.05) is 42.5 Å². The van der Waals surface area contributed by atoms with Crippen molar-refractivity contribution in [2.24, 2.45) is 0 Å². The molecule has 0 aliphatic rings. The van der Waals surface area contributed by atoms with Crippen LogP contribution in [0, 0.1) is 5.82 Å². The first-order valence-electron chi connectivity index (χ1n) is 7.40. The molecular formula is C19H18FNO. The highest BCUT2D eigenvalue weighted by Gasteiger charge is 2.03. The van der Waals surface area contributed by atoms with Crippen LogP contribution in [-0.2, 0) is 13.0 Å². The van der Waals surface area contributed by atoms with Gasteiger partial charge in [0.25, 0.3) is 0 Å². The Morgan fingerprint density at radius 1 is 0.864 bits per heavy atom. The van der Waals surface area contributed by atoms with Crippen molar-refractivity contribution in [1.82, 2.24) is 5.32 Å². The van der Waals surface area contributed by atoms with Crippen LogP contribution in [-0.4, -0.2) is 6.54 Å². The van der Waals surface area contributed by atoms with Gasteiger partial charge in [-0.2, -0.15) is 0 Å². The van der Waals surface area contributed by atoms with Crippen molar-refractivity contribution in [2.75, 3.05) is 6.54 Å². The maximum atomic E-state index is 12.8. The topological polar surface area (TPSA) is 25.2 Å². The Kier molecular flexibility index (Phi) is 4.66. The van der Waals surface area contributed by atoms with Gasteiger partial charge in [0.05, 0.1) is 6.54 Å². The molecule has 1 aromatic heterocycles. The standard InChI is InChI=1S/C19H18FNO/c20-17-8-6-15(7-9-17)12-13-21-14-18-10-11-19(22-18)16-4-2-1-3-5-16/h1-11,21H,12-14H2. The van der Waals surface area contributed by atoms with E-state index in [-0.39, 0.29) is 5.82 Å². The molecule has 0 bridgehead atoms. The summed E-state index contributed by atoms with van der Waals surface area (Å²) >= 11 is 0. The maximum absolute atomic E-state index is 12.8. The van der Waals surface area contributed by atoms with E-state index in [1.165, 1.54) is 12.1 Å². The average molecular weight is 295 g/mol. The molecule has 1 heterocycles. The lowest BCUT2D eigenvalue weighted by atomic mass is 10.1. The van der Waals surface area contributed by atoms with E-state index >= 15 is 0 Å². The summed E-state index contributed by atoms with van der Waals surface area (Å²) < 4.78 is 18.6. The fourth-order valence-corrected chi connectivity index (χ4v) is 2.33. The third-order valence-electron chi connectivity index (χ3n) is 3.52. The Labute approximate surface area is 129 Å². The van der Waals surface area contributed by atoms with Crippen molar-refractivity contribution in [3.05, 3.63) is 83.9 Å². The number of hydrogen-bond donors (Lipinski definition) is 1. The fourth-order valence-electron chi connectivity index (χ4n) is 2.33. The van der Waals surface area contributed by atoms with Gasteiger partial charge in [-0.05, 0) is 42.8 Å². The number of rotatable bonds is 6. The summed E-state index contributed by atoms with van der Waals surface area (Å²) in [5.74, 6) is 1.61. The minimum absolute atomic E-state index is 0.194. The lowest BCUT2D eigenvalue weighted by Crippen LogP contribution is -2.16. The lowest BCUT2D eigenvalue weighted by Gasteiger charge is -2.03. The minimum atomic E-state index is -0.194. The summed E-state index contributed by atoms with van der Waals surface area (Å²) in [5.41, 5.74) is 2.21. The van der Waals surface area contributed by atoms with Gasteiger partial charge in [0, 0.05) is 5.56 Å². The molecule has 0 atom stereocenters. The summed E-state index contributed by atoms with van der Waals surface area (Å²) in [6.07, 6.45) is 0.868. The van der Waals surface area contributed by atoms with Gasteiger partial charge in [0.15, 0.2) is 0 Å². The highest BCUT2D eigenvalue weighted by atomic mass is 19.1. The Hall–Kier alpha value is -2.39. The van der Waals surface area contributed by atoms with E-state index in [1.54, 1.807) is 0 Å². The molecule has 0 saturated carbocycles. The smallest absolute Gasteiger partial charge is 0.134 e. The van der Waals surface area contributed by atoms with Crippen LogP contribution in [0.3, 0.4) is 0 Å². The number of benzene rings is 2. The SMILES string of the molecule is Fc1ccc(CCNCc2ccc(-c3ccccc3)o2)cc1. The number of hydrogen-bond acceptors (Lipinski definition) is 2. The zero-order valence-corrected chi connectivity index (χ0v) is 12.3. The number of furan rings is 1. The molecule has 0 amide bonds. The predicted octanol–water partition coefficient (Wildman–Crippen LogP) is 4.42. The summed E-state index contributed by atoms with van der Waals surface area (Å²) in [6, 6.07) is 20.7. The van der Waals surface area contributed by atoms with Gasteiger partial charge in [0.2, 0.25) is 0 Å². The quantitative estimate of drug-likeness (QED) is 0.681. The van der Waals surface area contributed by atoms with E-state index in [1.807, 2.05) is 54.6 Å². The van der Waals surface area contributed by atoms with Crippen molar-refractivity contribution in [3.8, 4) is 11.3 Å². The summed E-state index contributed by atoms with van der Waals surface area (Å²) in [4.78, 5) is 0. The second-order valence-electron chi connectivity index (χ2n) is 5.19. The van der Waals surface area contributed by atoms with Crippen molar-refractivity contribution in [1.29, 1.82) is 0 Å². The molecule has 1 N–H and O–H groups in total. The molecule has 3 aromatic rings. The van der Waals surface area contributed by atoms with Crippen LogP contribution in [0.4, 0.5) is 4.39 Å². The Bertz CT molecular complexity index is 704. The molecule has 0 saturated heterocycles. The van der Waals surface area contributed by atoms with E-state index in [4.69, 9.17) is 4.42 Å². The van der Waals surface area contributed by atoms with E-state index in [2.05, 4.69) is 5.32 Å². The normalized spacial score (nSPS) is 10.8. The molecule has 3 rings (SSSR count). The van der Waals surface area contributed by atoms with Crippen molar-refractivity contribution in [2.45, 2.75) is 13.0 Å². The van der Waals surface area contributed by atoms with E-state index < -0.39 is 0 Å². The number of nitrogens with one attached hydrogen (secondary N) is 1. The highest BCUT2D eigenvalue weighted by molar-refractivity contribution is 5.57. The van der Waals surface area contributed by atoms with Crippen molar-refractivity contribution >= 4 is 0 Å². The first-order valence-corrected chi connectivity index (χ1v) is 7.40. The third kappa shape index (κ3) is 3.83. The van der Waals surface area contributed by atoms with Crippen molar-refractivity contribution < 1.29 is 8.81 Å². The van der Waals surface area contributed by atoms with Gasteiger partial charge in [0.1, 0.15) is 17.3 Å². The van der Waals surface area contributed by atoms with Gasteiger partial charge < -0.3 is 9.73 Å². The van der Waals surface area contributed by atoms with Crippen LogP contribution < -0.4 is 5.32 Å². The van der Waals surface area contributed by atoms with Gasteiger partial charge in [-0.25, -0.2) is 4.39 Å². The fraction of sp³-hybridized carbons (Fsp3) is 0.158. The second kappa shape index (κ2) is 7.05. The third-order valence-corrected chi connectivity index (χ3v) is 3.52. The lowest BCUT2D eigenvalue weighted by molar-refractivity contribution is 0.494. The Morgan fingerprint density at radius 2 is 1.64 bits per heavy atom. The van der Waals surface area contributed by atoms with E-state index in [0.29, 0.717) is 6.54 Å². The van der Waals surface area contributed by atoms with Crippen LogP contribution in [0.25, 0.3) is 11.3 Å². The largest absolute Gasteiger partial charge is 0.460 e. The van der Waals surface area contributed by atoms with E-state index in [0.717, 1.165) is 35.6 Å². The van der Waals surface area contributed by atoms with Gasteiger partial charge >= 0.3 is 0 Å². The molecule has 2 aromatic carbocycles. The van der Waals surface area contributed by atoms with Crippen LogP contribution in [0.1, 0.15) is 11.3 Å². The van der Waals surface area contributed by atoms with Gasteiger partial charge in [-0.15, -0.1) is 0 Å². The van der Waals surface area contributed by atoms with Gasteiger partial charge in [-0.3, -0.25) is 0 Å². The zero-order valence-electron chi connectivity index (χ0n) is 12.3. The monoisotopic (exact) mass is 295 g/mol. The first-order chi connectivity index (χ1) is 10.8. The Balaban J connectivity index is 1.48. The molecule has 3 heteroatoms. The van der Waals surface area contributed by atoms with E-state index in [9.17, 15) is 4.39 Å². The molecule has 22 heavy (non-hydrogen) atoms. The van der Waals surface area contributed by atoms with Crippen LogP contribution in [0.5, 0.6) is 0 Å². The Morgan fingerprint density at radius 3 is 2.41 bits per heavy atom. The molecule has 2 nitrogen and oxygen atoms in total. The number of halogens is 1. The molecular weight excluding hydrogens is 277 g/mol. The molecule has 0 fully saturated rings.